The summed E-state index contributed by atoms with van der Waals surface area (Å²) in [5.41, 5.74) is 2.76. The van der Waals surface area contributed by atoms with E-state index in [1.807, 2.05) is 13.0 Å². The van der Waals surface area contributed by atoms with Gasteiger partial charge in [0.15, 0.2) is 0 Å². The Morgan fingerprint density at radius 1 is 1.22 bits per heavy atom. The Bertz CT molecular complexity index is 376. The van der Waals surface area contributed by atoms with Gasteiger partial charge in [0, 0.05) is 18.0 Å². The number of aromatic nitrogens is 2. The SMILES string of the molecule is CCc1nc(NN)cc(NC2(C)CCCCC2)n1. The molecule has 0 spiro atoms. The van der Waals surface area contributed by atoms with E-state index in [0.717, 1.165) is 18.1 Å². The van der Waals surface area contributed by atoms with Gasteiger partial charge >= 0.3 is 0 Å². The first-order valence-corrected chi connectivity index (χ1v) is 6.78. The third-order valence-corrected chi connectivity index (χ3v) is 3.62. The van der Waals surface area contributed by atoms with Crippen molar-refractivity contribution in [2.45, 2.75) is 57.9 Å². The molecule has 5 heteroatoms. The van der Waals surface area contributed by atoms with Gasteiger partial charge in [0.1, 0.15) is 17.5 Å². The first-order chi connectivity index (χ1) is 8.65. The molecule has 1 aliphatic rings. The van der Waals surface area contributed by atoms with Crippen LogP contribution in [-0.2, 0) is 6.42 Å². The van der Waals surface area contributed by atoms with Crippen molar-refractivity contribution in [2.24, 2.45) is 5.84 Å². The first-order valence-electron chi connectivity index (χ1n) is 6.78. The van der Waals surface area contributed by atoms with Crippen LogP contribution >= 0.6 is 0 Å². The van der Waals surface area contributed by atoms with Gasteiger partial charge in [-0.1, -0.05) is 26.2 Å². The zero-order valence-corrected chi connectivity index (χ0v) is 11.3. The molecule has 0 amide bonds. The molecule has 0 bridgehead atoms. The molecule has 0 radical (unpaired) electrons. The molecule has 0 atom stereocenters. The number of hydrazine groups is 1. The third kappa shape index (κ3) is 3.10. The van der Waals surface area contributed by atoms with Gasteiger partial charge in [-0.3, -0.25) is 0 Å². The number of nitrogens with two attached hydrogens (primary N) is 1. The Balaban J connectivity index is 2.16. The molecule has 0 unspecified atom stereocenters. The van der Waals surface area contributed by atoms with Crippen LogP contribution < -0.4 is 16.6 Å². The molecular weight excluding hydrogens is 226 g/mol. The highest BCUT2D eigenvalue weighted by molar-refractivity contribution is 5.48. The minimum atomic E-state index is 0.156. The van der Waals surface area contributed by atoms with E-state index in [1.54, 1.807) is 0 Å². The summed E-state index contributed by atoms with van der Waals surface area (Å²) in [6, 6.07) is 1.87. The van der Waals surface area contributed by atoms with Gasteiger partial charge in [-0.15, -0.1) is 0 Å². The van der Waals surface area contributed by atoms with Gasteiger partial charge in [0.25, 0.3) is 0 Å². The van der Waals surface area contributed by atoms with Gasteiger partial charge < -0.3 is 10.7 Å². The summed E-state index contributed by atoms with van der Waals surface area (Å²) >= 11 is 0. The van der Waals surface area contributed by atoms with E-state index in [1.165, 1.54) is 32.1 Å². The Hall–Kier alpha value is -1.36. The fourth-order valence-electron chi connectivity index (χ4n) is 2.56. The van der Waals surface area contributed by atoms with Crippen molar-refractivity contribution >= 4 is 11.6 Å². The van der Waals surface area contributed by atoms with Crippen molar-refractivity contribution in [1.82, 2.24) is 9.97 Å². The van der Waals surface area contributed by atoms with Crippen molar-refractivity contribution in [3.05, 3.63) is 11.9 Å². The maximum absolute atomic E-state index is 5.44. The second-order valence-electron chi connectivity index (χ2n) is 5.30. The minimum Gasteiger partial charge on any atom is -0.365 e. The van der Waals surface area contributed by atoms with E-state index in [4.69, 9.17) is 5.84 Å². The molecular formula is C13H23N5. The summed E-state index contributed by atoms with van der Waals surface area (Å²) in [5.74, 6) is 7.80. The summed E-state index contributed by atoms with van der Waals surface area (Å²) in [5, 5.41) is 3.56. The molecule has 0 aliphatic heterocycles. The summed E-state index contributed by atoms with van der Waals surface area (Å²) in [6.07, 6.45) is 7.12. The second kappa shape index (κ2) is 5.52. The van der Waals surface area contributed by atoms with E-state index >= 15 is 0 Å². The van der Waals surface area contributed by atoms with Crippen LogP contribution in [0.4, 0.5) is 11.6 Å². The van der Waals surface area contributed by atoms with Crippen LogP contribution in [0.15, 0.2) is 6.07 Å². The largest absolute Gasteiger partial charge is 0.365 e. The molecule has 0 aromatic carbocycles. The number of hydrogen-bond donors (Lipinski definition) is 3. The topological polar surface area (TPSA) is 75.9 Å². The van der Waals surface area contributed by atoms with Crippen LogP contribution in [0.3, 0.4) is 0 Å². The lowest BCUT2D eigenvalue weighted by atomic mass is 9.83. The maximum Gasteiger partial charge on any atom is 0.145 e. The number of anilines is 2. The summed E-state index contributed by atoms with van der Waals surface area (Å²) in [6.45, 7) is 4.32. The van der Waals surface area contributed by atoms with Gasteiger partial charge in [-0.05, 0) is 19.8 Å². The molecule has 100 valence electrons. The number of nitrogens with one attached hydrogen (secondary N) is 2. The van der Waals surface area contributed by atoms with Gasteiger partial charge in [0.2, 0.25) is 0 Å². The molecule has 0 saturated heterocycles. The molecule has 1 aromatic rings. The van der Waals surface area contributed by atoms with Crippen LogP contribution in [0.2, 0.25) is 0 Å². The van der Waals surface area contributed by atoms with Crippen molar-refractivity contribution in [3.8, 4) is 0 Å². The van der Waals surface area contributed by atoms with Crippen molar-refractivity contribution in [3.63, 3.8) is 0 Å². The fraction of sp³-hybridized carbons (Fsp3) is 0.692. The zero-order chi connectivity index (χ0) is 13.0. The molecule has 2 rings (SSSR count). The molecule has 1 saturated carbocycles. The van der Waals surface area contributed by atoms with Gasteiger partial charge in [-0.2, -0.15) is 0 Å². The van der Waals surface area contributed by atoms with Crippen LogP contribution in [0, 0.1) is 0 Å². The van der Waals surface area contributed by atoms with E-state index in [9.17, 15) is 0 Å². The Morgan fingerprint density at radius 3 is 2.50 bits per heavy atom. The predicted octanol–water partition coefficient (Wildman–Crippen LogP) is 2.46. The van der Waals surface area contributed by atoms with E-state index in [-0.39, 0.29) is 5.54 Å². The highest BCUT2D eigenvalue weighted by Gasteiger charge is 2.26. The third-order valence-electron chi connectivity index (χ3n) is 3.62. The molecule has 1 aromatic heterocycles. The summed E-state index contributed by atoms with van der Waals surface area (Å²) in [4.78, 5) is 8.82. The second-order valence-corrected chi connectivity index (χ2v) is 5.30. The normalized spacial score (nSPS) is 18.4. The van der Waals surface area contributed by atoms with E-state index in [0.29, 0.717) is 5.82 Å². The highest BCUT2D eigenvalue weighted by Crippen LogP contribution is 2.31. The molecule has 1 aliphatic carbocycles. The Labute approximate surface area is 109 Å². The van der Waals surface area contributed by atoms with Crippen molar-refractivity contribution in [2.75, 3.05) is 10.7 Å². The maximum atomic E-state index is 5.44. The number of aryl methyl sites for hydroxylation is 1. The van der Waals surface area contributed by atoms with Crippen molar-refractivity contribution < 1.29 is 0 Å². The smallest absolute Gasteiger partial charge is 0.145 e. The van der Waals surface area contributed by atoms with Crippen LogP contribution in [0.1, 0.15) is 51.8 Å². The lowest BCUT2D eigenvalue weighted by Crippen LogP contribution is -2.37. The van der Waals surface area contributed by atoms with E-state index in [2.05, 4.69) is 27.6 Å². The van der Waals surface area contributed by atoms with Crippen molar-refractivity contribution in [1.29, 1.82) is 0 Å². The average Bonchev–Trinajstić information content (AvgIpc) is 2.38. The fourth-order valence-corrected chi connectivity index (χ4v) is 2.56. The van der Waals surface area contributed by atoms with Crippen LogP contribution in [0.5, 0.6) is 0 Å². The number of rotatable bonds is 4. The first kappa shape index (κ1) is 13.1. The van der Waals surface area contributed by atoms with Crippen LogP contribution in [-0.4, -0.2) is 15.5 Å². The van der Waals surface area contributed by atoms with Gasteiger partial charge in [0.05, 0.1) is 0 Å². The number of nitrogen functional groups attached to an aromatic ring is 1. The number of nitrogens with zero attached hydrogens (tertiary/aromatic N) is 2. The Morgan fingerprint density at radius 2 is 1.89 bits per heavy atom. The molecule has 4 N–H and O–H groups in total. The van der Waals surface area contributed by atoms with Crippen LogP contribution in [0.25, 0.3) is 0 Å². The van der Waals surface area contributed by atoms with E-state index < -0.39 is 0 Å². The minimum absolute atomic E-state index is 0.156. The monoisotopic (exact) mass is 249 g/mol. The zero-order valence-electron chi connectivity index (χ0n) is 11.3. The standard InChI is InChI=1S/C13H23N5/c1-3-10-15-11(9-12(16-10)18-14)17-13(2)7-5-4-6-8-13/h9H,3-8,14H2,1-2H3,(H2,15,16,17,18). The number of hydrogen-bond acceptors (Lipinski definition) is 5. The lowest BCUT2D eigenvalue weighted by Gasteiger charge is -2.35. The molecule has 1 fully saturated rings. The Kier molecular flexibility index (Phi) is 4.01. The molecule has 1 heterocycles. The highest BCUT2D eigenvalue weighted by atomic mass is 15.3. The predicted molar refractivity (Wildman–Crippen MR) is 74.3 cm³/mol. The summed E-state index contributed by atoms with van der Waals surface area (Å²) in [7, 11) is 0. The molecule has 18 heavy (non-hydrogen) atoms. The quantitative estimate of drug-likeness (QED) is 0.564. The average molecular weight is 249 g/mol. The molecule has 5 nitrogen and oxygen atoms in total. The lowest BCUT2D eigenvalue weighted by molar-refractivity contribution is 0.348. The van der Waals surface area contributed by atoms with Gasteiger partial charge in [-0.25, -0.2) is 15.8 Å². The summed E-state index contributed by atoms with van der Waals surface area (Å²) < 4.78 is 0.